The number of amides is 1. The highest BCUT2D eigenvalue weighted by Gasteiger charge is 2.26. The molecule has 1 aliphatic heterocycles. The number of aromatic amines is 1. The first kappa shape index (κ1) is 14.1. The van der Waals surface area contributed by atoms with Gasteiger partial charge in [-0.2, -0.15) is 9.47 Å². The second-order valence-electron chi connectivity index (χ2n) is 5.52. The molecule has 8 heteroatoms. The molecule has 1 saturated heterocycles. The van der Waals surface area contributed by atoms with Gasteiger partial charge >= 0.3 is 0 Å². The minimum atomic E-state index is -0.0180. The van der Waals surface area contributed by atoms with Crippen LogP contribution >= 0.6 is 11.5 Å². The molecular formula is C15H16N6OS. The van der Waals surface area contributed by atoms with Crippen LogP contribution in [0.15, 0.2) is 24.3 Å². The summed E-state index contributed by atoms with van der Waals surface area (Å²) in [4.78, 5) is 21.2. The molecule has 0 bridgehead atoms. The fourth-order valence-corrected chi connectivity index (χ4v) is 3.52. The lowest BCUT2D eigenvalue weighted by Gasteiger charge is -2.34. The van der Waals surface area contributed by atoms with Gasteiger partial charge in [-0.25, -0.2) is 4.98 Å². The highest BCUT2D eigenvalue weighted by molar-refractivity contribution is 7.09. The van der Waals surface area contributed by atoms with Crippen molar-refractivity contribution in [2.75, 3.05) is 31.1 Å². The van der Waals surface area contributed by atoms with Gasteiger partial charge < -0.3 is 9.80 Å². The largest absolute Gasteiger partial charge is 0.343 e. The summed E-state index contributed by atoms with van der Waals surface area (Å²) in [6, 6.07) is 7.70. The number of anilines is 1. The van der Waals surface area contributed by atoms with Crippen LogP contribution in [0, 0.1) is 6.92 Å². The number of hydrogen-bond donors (Lipinski definition) is 1. The maximum Gasteiger partial charge on any atom is 0.275 e. The molecule has 1 aliphatic rings. The smallest absolute Gasteiger partial charge is 0.275 e. The molecule has 0 unspecified atom stereocenters. The summed E-state index contributed by atoms with van der Waals surface area (Å²) in [5, 5.41) is 8.93. The van der Waals surface area contributed by atoms with Crippen molar-refractivity contribution in [3.63, 3.8) is 0 Å². The molecule has 0 atom stereocenters. The number of hydrogen-bond acceptors (Lipinski definition) is 6. The minimum absolute atomic E-state index is 0.0180. The van der Waals surface area contributed by atoms with Crippen molar-refractivity contribution in [1.82, 2.24) is 24.5 Å². The van der Waals surface area contributed by atoms with Crippen LogP contribution in [0.2, 0.25) is 0 Å². The Kier molecular flexibility index (Phi) is 3.45. The molecule has 0 saturated carbocycles. The molecule has 1 fully saturated rings. The average Bonchev–Trinajstić information content (AvgIpc) is 3.21. The molecule has 7 nitrogen and oxygen atoms in total. The fraction of sp³-hybridized carbons (Fsp3) is 0.333. The van der Waals surface area contributed by atoms with Crippen LogP contribution in [0.1, 0.15) is 16.3 Å². The number of benzene rings is 1. The maximum atomic E-state index is 12.7. The Balaban J connectivity index is 1.49. The first-order chi connectivity index (χ1) is 11.2. The number of nitrogens with zero attached hydrogens (tertiary/aromatic N) is 5. The van der Waals surface area contributed by atoms with Crippen LogP contribution in [0.25, 0.3) is 10.9 Å². The van der Waals surface area contributed by atoms with Gasteiger partial charge in [0, 0.05) is 43.1 Å². The van der Waals surface area contributed by atoms with E-state index in [1.165, 1.54) is 11.5 Å². The van der Waals surface area contributed by atoms with E-state index in [4.69, 9.17) is 0 Å². The number of piperazine rings is 1. The zero-order valence-electron chi connectivity index (χ0n) is 12.7. The van der Waals surface area contributed by atoms with Crippen molar-refractivity contribution >= 4 is 33.5 Å². The zero-order valence-corrected chi connectivity index (χ0v) is 13.5. The molecule has 2 aromatic heterocycles. The Morgan fingerprint density at radius 1 is 1.22 bits per heavy atom. The van der Waals surface area contributed by atoms with Crippen LogP contribution in [0.4, 0.5) is 5.13 Å². The quantitative estimate of drug-likeness (QED) is 0.774. The van der Waals surface area contributed by atoms with E-state index in [2.05, 4.69) is 24.5 Å². The van der Waals surface area contributed by atoms with Gasteiger partial charge in [-0.1, -0.05) is 18.2 Å². The Morgan fingerprint density at radius 3 is 2.74 bits per heavy atom. The summed E-state index contributed by atoms with van der Waals surface area (Å²) in [5.74, 6) is 0.780. The third-order valence-electron chi connectivity index (χ3n) is 4.03. The molecular weight excluding hydrogens is 312 g/mol. The third-order valence-corrected chi connectivity index (χ3v) is 4.90. The van der Waals surface area contributed by atoms with E-state index < -0.39 is 0 Å². The lowest BCUT2D eigenvalue weighted by Crippen LogP contribution is -2.48. The Morgan fingerprint density at radius 2 is 2.00 bits per heavy atom. The van der Waals surface area contributed by atoms with Crippen LogP contribution in [0.3, 0.4) is 0 Å². The van der Waals surface area contributed by atoms with Gasteiger partial charge in [0.2, 0.25) is 5.13 Å². The molecule has 0 aliphatic carbocycles. The summed E-state index contributed by atoms with van der Waals surface area (Å²) in [7, 11) is 0. The van der Waals surface area contributed by atoms with Crippen molar-refractivity contribution in [1.29, 1.82) is 0 Å². The summed E-state index contributed by atoms with van der Waals surface area (Å²) in [6.07, 6.45) is 0. The number of aryl methyl sites for hydroxylation is 1. The summed E-state index contributed by atoms with van der Waals surface area (Å²) < 4.78 is 4.21. The van der Waals surface area contributed by atoms with E-state index in [1.807, 2.05) is 36.1 Å². The molecule has 118 valence electrons. The number of H-pyrrole nitrogens is 1. The molecule has 1 aromatic carbocycles. The number of nitrogens with one attached hydrogen (secondary N) is 1. The van der Waals surface area contributed by atoms with E-state index in [-0.39, 0.29) is 5.91 Å². The normalized spacial score (nSPS) is 15.3. The fourth-order valence-electron chi connectivity index (χ4n) is 2.79. The summed E-state index contributed by atoms with van der Waals surface area (Å²) in [6.45, 7) is 4.76. The number of carbonyl (C=O) groups is 1. The van der Waals surface area contributed by atoms with E-state index in [9.17, 15) is 4.79 Å². The zero-order chi connectivity index (χ0) is 15.8. The number of para-hydroxylation sites is 1. The van der Waals surface area contributed by atoms with Crippen molar-refractivity contribution < 1.29 is 4.79 Å². The van der Waals surface area contributed by atoms with Crippen LogP contribution in [-0.2, 0) is 0 Å². The lowest BCUT2D eigenvalue weighted by atomic mass is 10.2. The monoisotopic (exact) mass is 328 g/mol. The Hall–Kier alpha value is -2.48. The molecule has 1 N–H and O–H groups in total. The van der Waals surface area contributed by atoms with E-state index in [0.717, 1.165) is 34.9 Å². The van der Waals surface area contributed by atoms with E-state index >= 15 is 0 Å². The topological polar surface area (TPSA) is 78.0 Å². The number of fused-ring (bicyclic) bond motifs is 1. The van der Waals surface area contributed by atoms with Crippen molar-refractivity contribution in [2.24, 2.45) is 0 Å². The number of carbonyl (C=O) groups excluding carboxylic acids is 1. The molecule has 0 spiro atoms. The average molecular weight is 328 g/mol. The molecule has 0 radical (unpaired) electrons. The second kappa shape index (κ2) is 5.62. The van der Waals surface area contributed by atoms with Crippen molar-refractivity contribution in [2.45, 2.75) is 6.92 Å². The molecule has 23 heavy (non-hydrogen) atoms. The standard InChI is InChI=1S/C15H16N6OS/c1-10-16-15(23-19-10)21-8-6-20(7-9-21)14(22)13-11-4-2-3-5-12(11)17-18-13/h2-5H,6-9H2,1H3,(H,17,18). The van der Waals surface area contributed by atoms with Crippen LogP contribution in [0.5, 0.6) is 0 Å². The first-order valence-corrected chi connectivity index (χ1v) is 8.27. The lowest BCUT2D eigenvalue weighted by molar-refractivity contribution is 0.0742. The van der Waals surface area contributed by atoms with E-state index in [1.54, 1.807) is 0 Å². The predicted octanol–water partition coefficient (Wildman–Crippen LogP) is 1.69. The SMILES string of the molecule is Cc1nsc(N2CCN(C(=O)c3n[nH]c4ccccc34)CC2)n1. The van der Waals surface area contributed by atoms with Crippen LogP contribution < -0.4 is 4.90 Å². The van der Waals surface area contributed by atoms with E-state index in [0.29, 0.717) is 18.8 Å². The van der Waals surface area contributed by atoms with Gasteiger partial charge in [-0.3, -0.25) is 9.89 Å². The second-order valence-corrected chi connectivity index (χ2v) is 6.25. The molecule has 3 heterocycles. The highest BCUT2D eigenvalue weighted by Crippen LogP contribution is 2.21. The van der Waals surface area contributed by atoms with Crippen LogP contribution in [-0.4, -0.2) is 56.5 Å². The van der Waals surface area contributed by atoms with Gasteiger partial charge in [-0.05, 0) is 13.0 Å². The number of aromatic nitrogens is 4. The van der Waals surface area contributed by atoms with Gasteiger partial charge in [0.05, 0.1) is 5.52 Å². The number of rotatable bonds is 2. The third kappa shape index (κ3) is 2.55. The minimum Gasteiger partial charge on any atom is -0.343 e. The van der Waals surface area contributed by atoms with Crippen molar-refractivity contribution in [3.05, 3.63) is 35.8 Å². The Bertz CT molecular complexity index is 848. The highest BCUT2D eigenvalue weighted by atomic mass is 32.1. The molecule has 1 amide bonds. The van der Waals surface area contributed by atoms with Gasteiger partial charge in [0.25, 0.3) is 5.91 Å². The maximum absolute atomic E-state index is 12.7. The first-order valence-electron chi connectivity index (χ1n) is 7.50. The van der Waals surface area contributed by atoms with Gasteiger partial charge in [0.1, 0.15) is 5.82 Å². The summed E-state index contributed by atoms with van der Waals surface area (Å²) in [5.41, 5.74) is 1.39. The summed E-state index contributed by atoms with van der Waals surface area (Å²) >= 11 is 1.41. The van der Waals surface area contributed by atoms with Gasteiger partial charge in [-0.15, -0.1) is 0 Å². The van der Waals surface area contributed by atoms with Gasteiger partial charge in [0.15, 0.2) is 5.69 Å². The Labute approximate surface area is 137 Å². The van der Waals surface area contributed by atoms with Crippen molar-refractivity contribution in [3.8, 4) is 0 Å². The predicted molar refractivity (Wildman–Crippen MR) is 88.9 cm³/mol. The molecule has 4 rings (SSSR count). The molecule has 3 aromatic rings.